The molecule has 8 heteroatoms. The zero-order valence-corrected chi connectivity index (χ0v) is 20.7. The van der Waals surface area contributed by atoms with Gasteiger partial charge >= 0.3 is 0 Å². The van der Waals surface area contributed by atoms with Crippen molar-refractivity contribution < 1.29 is 23.7 Å². The normalized spacial score (nSPS) is 15.8. The highest BCUT2D eigenvalue weighted by Crippen LogP contribution is 2.40. The number of benzene rings is 2. The van der Waals surface area contributed by atoms with E-state index in [2.05, 4.69) is 37.9 Å². The number of nitrogens with zero attached hydrogens (tertiary/aromatic N) is 2. The zero-order valence-electron chi connectivity index (χ0n) is 19.1. The number of halogens is 1. The molecule has 3 aromatic rings. The van der Waals surface area contributed by atoms with Crippen LogP contribution < -0.4 is 14.4 Å². The Morgan fingerprint density at radius 2 is 1.64 bits per heavy atom. The van der Waals surface area contributed by atoms with Crippen LogP contribution in [0.4, 0.5) is 5.69 Å². The second-order valence-corrected chi connectivity index (χ2v) is 8.80. The van der Waals surface area contributed by atoms with E-state index in [0.29, 0.717) is 21.7 Å². The van der Waals surface area contributed by atoms with Crippen molar-refractivity contribution in [3.8, 4) is 22.8 Å². The third kappa shape index (κ3) is 5.03. The van der Waals surface area contributed by atoms with Gasteiger partial charge in [-0.1, -0.05) is 12.1 Å². The van der Waals surface area contributed by atoms with Gasteiger partial charge in [0.25, 0.3) is 0 Å². The lowest BCUT2D eigenvalue weighted by molar-refractivity contribution is -0.0278. The highest BCUT2D eigenvalue weighted by Gasteiger charge is 2.28. The average Bonchev–Trinajstić information content (AvgIpc) is 3.36. The lowest BCUT2D eigenvalue weighted by atomic mass is 10.0. The minimum atomic E-state index is -1.07. The van der Waals surface area contributed by atoms with E-state index in [0.717, 1.165) is 24.2 Å². The maximum atomic E-state index is 11.0. The van der Waals surface area contributed by atoms with Crippen LogP contribution in [0.2, 0.25) is 0 Å². The van der Waals surface area contributed by atoms with Gasteiger partial charge < -0.3 is 28.6 Å². The Balaban J connectivity index is 1.55. The summed E-state index contributed by atoms with van der Waals surface area (Å²) < 4.78 is 22.8. The number of hydrogen-bond donors (Lipinski definition) is 1. The Kier molecular flexibility index (Phi) is 7.57. The maximum absolute atomic E-state index is 11.0. The van der Waals surface area contributed by atoms with Gasteiger partial charge in [0.05, 0.1) is 14.2 Å². The number of aliphatic hydroxyl groups is 1. The Morgan fingerprint density at radius 1 is 1.00 bits per heavy atom. The molecule has 2 aromatic carbocycles. The van der Waals surface area contributed by atoms with Crippen molar-refractivity contribution in [2.75, 3.05) is 39.3 Å². The van der Waals surface area contributed by atoms with Crippen LogP contribution in [0, 0.1) is 0 Å². The fraction of sp³-hybridized carbons (Fsp3) is 0.400. The van der Waals surface area contributed by atoms with Crippen LogP contribution in [0.15, 0.2) is 51.6 Å². The van der Waals surface area contributed by atoms with Crippen LogP contribution in [0.1, 0.15) is 42.9 Å². The van der Waals surface area contributed by atoms with E-state index >= 15 is 0 Å². The minimum absolute atomic E-state index is 0.179. The topological polar surface area (TPSA) is 77.2 Å². The SMILES string of the molecule is COc1cc(-c2coc(C(O)C(OC)c3ccc(N4CCCCC4)cc3)n2)cc(OC)c1Br. The van der Waals surface area contributed by atoms with Crippen molar-refractivity contribution >= 4 is 21.6 Å². The number of ether oxygens (including phenoxy) is 3. The summed E-state index contributed by atoms with van der Waals surface area (Å²) in [5, 5.41) is 11.0. The lowest BCUT2D eigenvalue weighted by Crippen LogP contribution is -2.29. The molecule has 1 saturated heterocycles. The number of piperidine rings is 1. The molecule has 1 fully saturated rings. The molecule has 1 aliphatic rings. The minimum Gasteiger partial charge on any atom is -0.495 e. The quantitative estimate of drug-likeness (QED) is 0.421. The molecule has 4 rings (SSSR count). The van der Waals surface area contributed by atoms with Gasteiger partial charge in [-0.15, -0.1) is 0 Å². The molecule has 2 atom stereocenters. The number of oxazole rings is 1. The van der Waals surface area contributed by atoms with Crippen LogP contribution in [0.5, 0.6) is 11.5 Å². The first-order valence-electron chi connectivity index (χ1n) is 11.0. The molecule has 1 aliphatic heterocycles. The fourth-order valence-corrected chi connectivity index (χ4v) is 4.73. The van der Waals surface area contributed by atoms with Gasteiger partial charge in [0, 0.05) is 31.5 Å². The van der Waals surface area contributed by atoms with Gasteiger partial charge in [-0.2, -0.15) is 0 Å². The summed E-state index contributed by atoms with van der Waals surface area (Å²) in [4.78, 5) is 6.91. The Morgan fingerprint density at radius 3 is 2.21 bits per heavy atom. The van der Waals surface area contributed by atoms with E-state index in [1.54, 1.807) is 21.3 Å². The molecule has 176 valence electrons. The van der Waals surface area contributed by atoms with Crippen LogP contribution in [0.25, 0.3) is 11.3 Å². The molecule has 2 unspecified atom stereocenters. The van der Waals surface area contributed by atoms with E-state index in [-0.39, 0.29) is 5.89 Å². The average molecular weight is 517 g/mol. The highest BCUT2D eigenvalue weighted by atomic mass is 79.9. The summed E-state index contributed by atoms with van der Waals surface area (Å²) in [7, 11) is 4.74. The molecule has 0 bridgehead atoms. The number of aliphatic hydroxyl groups excluding tert-OH is 1. The van der Waals surface area contributed by atoms with E-state index in [1.165, 1.54) is 31.2 Å². The van der Waals surface area contributed by atoms with Crippen molar-refractivity contribution in [3.05, 3.63) is 58.6 Å². The van der Waals surface area contributed by atoms with Crippen molar-refractivity contribution in [2.45, 2.75) is 31.5 Å². The summed E-state index contributed by atoms with van der Waals surface area (Å²) in [5.74, 6) is 1.40. The summed E-state index contributed by atoms with van der Waals surface area (Å²) in [6.07, 6.45) is 3.58. The summed E-state index contributed by atoms with van der Waals surface area (Å²) in [6.45, 7) is 2.17. The Hall–Kier alpha value is -2.55. The molecule has 33 heavy (non-hydrogen) atoms. The lowest BCUT2D eigenvalue weighted by Gasteiger charge is -2.29. The highest BCUT2D eigenvalue weighted by molar-refractivity contribution is 9.10. The van der Waals surface area contributed by atoms with Crippen molar-refractivity contribution in [1.82, 2.24) is 4.98 Å². The number of aromatic nitrogens is 1. The summed E-state index contributed by atoms with van der Waals surface area (Å²) in [6, 6.07) is 11.8. The number of rotatable bonds is 8. The van der Waals surface area contributed by atoms with Crippen molar-refractivity contribution in [1.29, 1.82) is 0 Å². The van der Waals surface area contributed by atoms with Gasteiger partial charge in [0.2, 0.25) is 5.89 Å². The molecule has 7 nitrogen and oxygen atoms in total. The summed E-state index contributed by atoms with van der Waals surface area (Å²) in [5.41, 5.74) is 3.36. The summed E-state index contributed by atoms with van der Waals surface area (Å²) >= 11 is 3.47. The molecule has 0 radical (unpaired) electrons. The number of methoxy groups -OCH3 is 3. The first-order chi connectivity index (χ1) is 16.0. The van der Waals surface area contributed by atoms with E-state index in [4.69, 9.17) is 18.6 Å². The first kappa shape index (κ1) is 23.6. The van der Waals surface area contributed by atoms with Crippen molar-refractivity contribution in [3.63, 3.8) is 0 Å². The van der Waals surface area contributed by atoms with Crippen molar-refractivity contribution in [2.24, 2.45) is 0 Å². The number of anilines is 1. The van der Waals surface area contributed by atoms with Gasteiger partial charge in [0.15, 0.2) is 6.10 Å². The molecular weight excluding hydrogens is 488 g/mol. The Bertz CT molecular complexity index is 1040. The predicted octanol–water partition coefficient (Wildman–Crippen LogP) is 5.53. The smallest absolute Gasteiger partial charge is 0.226 e. The van der Waals surface area contributed by atoms with Gasteiger partial charge in [-0.25, -0.2) is 4.98 Å². The molecular formula is C25H29BrN2O5. The standard InChI is InChI=1S/C25H29BrN2O5/c1-30-20-13-17(14-21(31-2)22(20)26)19-15-33-25(27-19)23(29)24(32-3)16-7-9-18(10-8-16)28-11-5-4-6-12-28/h7-10,13-15,23-24,29H,4-6,11-12H2,1-3H3. The third-order valence-electron chi connectivity index (χ3n) is 6.00. The predicted molar refractivity (Wildman–Crippen MR) is 130 cm³/mol. The van der Waals surface area contributed by atoms with Gasteiger partial charge in [0.1, 0.15) is 34.0 Å². The molecule has 0 amide bonds. The fourth-order valence-electron chi connectivity index (χ4n) is 4.18. The Labute approximate surface area is 202 Å². The second-order valence-electron chi connectivity index (χ2n) is 8.01. The monoisotopic (exact) mass is 516 g/mol. The first-order valence-corrected chi connectivity index (χ1v) is 11.8. The molecule has 0 spiro atoms. The molecule has 0 aliphatic carbocycles. The van der Waals surface area contributed by atoms with E-state index < -0.39 is 12.2 Å². The number of hydrogen-bond acceptors (Lipinski definition) is 7. The maximum Gasteiger partial charge on any atom is 0.226 e. The molecule has 0 saturated carbocycles. The van der Waals surface area contributed by atoms with Gasteiger partial charge in [-0.3, -0.25) is 0 Å². The van der Waals surface area contributed by atoms with Crippen LogP contribution in [-0.2, 0) is 4.74 Å². The molecule has 1 N–H and O–H groups in total. The third-order valence-corrected chi connectivity index (χ3v) is 6.78. The van der Waals surface area contributed by atoms with Gasteiger partial charge in [-0.05, 0) is 65.0 Å². The van der Waals surface area contributed by atoms with E-state index in [1.807, 2.05) is 24.3 Å². The van der Waals surface area contributed by atoms with Crippen LogP contribution >= 0.6 is 15.9 Å². The van der Waals surface area contributed by atoms with E-state index in [9.17, 15) is 5.11 Å². The van der Waals surface area contributed by atoms with Crippen LogP contribution in [0.3, 0.4) is 0 Å². The second kappa shape index (κ2) is 10.6. The van der Waals surface area contributed by atoms with Crippen LogP contribution in [-0.4, -0.2) is 44.5 Å². The zero-order chi connectivity index (χ0) is 23.4. The largest absolute Gasteiger partial charge is 0.495 e. The molecule has 2 heterocycles. The molecule has 1 aromatic heterocycles.